The number of aliphatic hydroxyl groups is 1. The Hall–Kier alpha value is -0.140. The van der Waals surface area contributed by atoms with Crippen LogP contribution in [0.1, 0.15) is 12.8 Å². The maximum absolute atomic E-state index is 12.4. The van der Waals surface area contributed by atoms with Gasteiger partial charge in [0.2, 0.25) is 10.0 Å². The molecule has 1 aliphatic heterocycles. The van der Waals surface area contributed by atoms with Crippen molar-refractivity contribution in [3.05, 3.63) is 27.7 Å². The molecule has 18 heavy (non-hydrogen) atoms. The molecule has 1 aromatic carbocycles. The molecule has 7 heteroatoms. The third kappa shape index (κ3) is 2.58. The molecule has 1 unspecified atom stereocenters. The van der Waals surface area contributed by atoms with Crippen molar-refractivity contribution in [3.63, 3.8) is 0 Å². The molecule has 0 radical (unpaired) electrons. The topological polar surface area (TPSA) is 57.6 Å². The van der Waals surface area contributed by atoms with E-state index in [1.165, 1.54) is 16.4 Å². The number of benzene rings is 1. The first-order valence-electron chi connectivity index (χ1n) is 5.54. The minimum atomic E-state index is -3.57. The Morgan fingerprint density at radius 2 is 2.22 bits per heavy atom. The van der Waals surface area contributed by atoms with Gasteiger partial charge in [-0.25, -0.2) is 8.42 Å². The van der Waals surface area contributed by atoms with Crippen LogP contribution in [0.2, 0.25) is 5.02 Å². The van der Waals surface area contributed by atoms with E-state index < -0.39 is 10.0 Å². The molecule has 0 aromatic heterocycles. The standard InChI is InChI=1S/C11H13BrClNO3S/c12-10-4-3-9(6-11(10)13)18(16,17)14-5-1-2-8(14)7-15/h3-4,6,8,15H,1-2,5,7H2. The number of rotatable bonds is 3. The minimum Gasteiger partial charge on any atom is -0.395 e. The average molecular weight is 355 g/mol. The zero-order valence-corrected chi connectivity index (χ0v) is 12.7. The summed E-state index contributed by atoms with van der Waals surface area (Å²) in [5.74, 6) is 0. The van der Waals surface area contributed by atoms with E-state index in [0.717, 1.165) is 6.42 Å². The molecule has 0 spiro atoms. The summed E-state index contributed by atoms with van der Waals surface area (Å²) >= 11 is 9.14. The zero-order valence-electron chi connectivity index (χ0n) is 9.51. The van der Waals surface area contributed by atoms with Crippen LogP contribution in [0.5, 0.6) is 0 Å². The maximum atomic E-state index is 12.4. The van der Waals surface area contributed by atoms with Crippen molar-refractivity contribution in [1.82, 2.24) is 4.31 Å². The summed E-state index contributed by atoms with van der Waals surface area (Å²) in [6, 6.07) is 4.22. The average Bonchev–Trinajstić information content (AvgIpc) is 2.81. The first kappa shape index (κ1) is 14.3. The van der Waals surface area contributed by atoms with Gasteiger partial charge in [0.15, 0.2) is 0 Å². The van der Waals surface area contributed by atoms with Crippen LogP contribution in [0, 0.1) is 0 Å². The normalized spacial score (nSPS) is 21.4. The van der Waals surface area contributed by atoms with Crippen molar-refractivity contribution in [1.29, 1.82) is 0 Å². The van der Waals surface area contributed by atoms with E-state index in [1.807, 2.05) is 0 Å². The van der Waals surface area contributed by atoms with Crippen LogP contribution in [-0.4, -0.2) is 37.0 Å². The van der Waals surface area contributed by atoms with E-state index in [4.69, 9.17) is 11.6 Å². The molecule has 100 valence electrons. The summed E-state index contributed by atoms with van der Waals surface area (Å²) in [5, 5.41) is 9.56. The van der Waals surface area contributed by atoms with Gasteiger partial charge >= 0.3 is 0 Å². The number of hydrogen-bond donors (Lipinski definition) is 1. The van der Waals surface area contributed by atoms with E-state index >= 15 is 0 Å². The maximum Gasteiger partial charge on any atom is 0.243 e. The summed E-state index contributed by atoms with van der Waals surface area (Å²) in [4.78, 5) is 0.163. The first-order valence-corrected chi connectivity index (χ1v) is 8.15. The van der Waals surface area contributed by atoms with Crippen molar-refractivity contribution < 1.29 is 13.5 Å². The highest BCUT2D eigenvalue weighted by Crippen LogP contribution is 2.30. The molecule has 1 aliphatic rings. The fraction of sp³-hybridized carbons (Fsp3) is 0.455. The molecule has 1 fully saturated rings. The van der Waals surface area contributed by atoms with Crippen LogP contribution < -0.4 is 0 Å². The van der Waals surface area contributed by atoms with Gasteiger partial charge in [0.25, 0.3) is 0 Å². The van der Waals surface area contributed by atoms with E-state index in [0.29, 0.717) is 22.5 Å². The van der Waals surface area contributed by atoms with Crippen molar-refractivity contribution in [2.24, 2.45) is 0 Å². The van der Waals surface area contributed by atoms with Gasteiger partial charge < -0.3 is 5.11 Å². The predicted molar refractivity (Wildman–Crippen MR) is 73.2 cm³/mol. The van der Waals surface area contributed by atoms with E-state index in [1.54, 1.807) is 6.07 Å². The van der Waals surface area contributed by atoms with E-state index in [9.17, 15) is 13.5 Å². The second-order valence-electron chi connectivity index (χ2n) is 4.17. The lowest BCUT2D eigenvalue weighted by atomic mass is 10.2. The van der Waals surface area contributed by atoms with Gasteiger partial charge in [-0.05, 0) is 47.0 Å². The zero-order chi connectivity index (χ0) is 13.3. The third-order valence-electron chi connectivity index (χ3n) is 3.03. The second-order valence-corrected chi connectivity index (χ2v) is 7.32. The lowest BCUT2D eigenvalue weighted by Gasteiger charge is -2.22. The lowest BCUT2D eigenvalue weighted by Crippen LogP contribution is -2.37. The van der Waals surface area contributed by atoms with Crippen molar-refractivity contribution in [3.8, 4) is 0 Å². The van der Waals surface area contributed by atoms with Gasteiger partial charge in [-0.3, -0.25) is 0 Å². The van der Waals surface area contributed by atoms with Crippen LogP contribution >= 0.6 is 27.5 Å². The number of hydrogen-bond acceptors (Lipinski definition) is 3. The fourth-order valence-electron chi connectivity index (χ4n) is 2.08. The fourth-order valence-corrected chi connectivity index (χ4v) is 4.28. The van der Waals surface area contributed by atoms with Crippen molar-refractivity contribution in [2.75, 3.05) is 13.2 Å². The summed E-state index contributed by atoms with van der Waals surface area (Å²) in [6.45, 7) is 0.296. The Balaban J connectivity index is 2.38. The molecule has 1 heterocycles. The van der Waals surface area contributed by atoms with Crippen molar-refractivity contribution >= 4 is 37.6 Å². The Kier molecular flexibility index (Phi) is 4.33. The van der Waals surface area contributed by atoms with Gasteiger partial charge in [-0.2, -0.15) is 4.31 Å². The summed E-state index contributed by atoms with van der Waals surface area (Å²) in [6.07, 6.45) is 1.47. The summed E-state index contributed by atoms with van der Waals surface area (Å²) in [5.41, 5.74) is 0. The summed E-state index contributed by atoms with van der Waals surface area (Å²) in [7, 11) is -3.57. The molecular weight excluding hydrogens is 342 g/mol. The molecule has 4 nitrogen and oxygen atoms in total. The molecule has 1 aromatic rings. The molecule has 1 saturated heterocycles. The Labute approximate surface area is 120 Å². The highest BCUT2D eigenvalue weighted by molar-refractivity contribution is 9.10. The number of halogens is 2. The molecule has 0 saturated carbocycles. The van der Waals surface area contributed by atoms with Crippen LogP contribution in [0.4, 0.5) is 0 Å². The minimum absolute atomic E-state index is 0.149. The SMILES string of the molecule is O=S(=O)(c1ccc(Br)c(Cl)c1)N1CCCC1CO. The Morgan fingerprint density at radius 3 is 2.83 bits per heavy atom. The predicted octanol–water partition coefficient (Wildman–Crippen LogP) is 2.25. The smallest absolute Gasteiger partial charge is 0.243 e. The van der Waals surface area contributed by atoms with Crippen molar-refractivity contribution in [2.45, 2.75) is 23.8 Å². The number of sulfonamides is 1. The first-order chi connectivity index (χ1) is 8.46. The highest BCUT2D eigenvalue weighted by atomic mass is 79.9. The van der Waals surface area contributed by atoms with Gasteiger partial charge in [0.1, 0.15) is 0 Å². The monoisotopic (exact) mass is 353 g/mol. The summed E-state index contributed by atoms with van der Waals surface area (Å²) < 4.78 is 26.8. The van der Waals surface area contributed by atoms with Gasteiger partial charge in [-0.1, -0.05) is 11.6 Å². The molecule has 0 bridgehead atoms. The van der Waals surface area contributed by atoms with Gasteiger partial charge in [0, 0.05) is 17.1 Å². The van der Waals surface area contributed by atoms with Crippen LogP contribution in [0.15, 0.2) is 27.6 Å². The molecule has 0 aliphatic carbocycles. The third-order valence-corrected chi connectivity index (χ3v) is 6.21. The lowest BCUT2D eigenvalue weighted by molar-refractivity contribution is 0.213. The number of aliphatic hydroxyl groups excluding tert-OH is 1. The molecular formula is C11H13BrClNO3S. The largest absolute Gasteiger partial charge is 0.395 e. The highest BCUT2D eigenvalue weighted by Gasteiger charge is 2.34. The van der Waals surface area contributed by atoms with Gasteiger partial charge in [0.05, 0.1) is 16.5 Å². The quantitative estimate of drug-likeness (QED) is 0.906. The van der Waals surface area contributed by atoms with Gasteiger partial charge in [-0.15, -0.1) is 0 Å². The van der Waals surface area contributed by atoms with E-state index in [-0.39, 0.29) is 17.5 Å². The van der Waals surface area contributed by atoms with Crippen LogP contribution in [-0.2, 0) is 10.0 Å². The molecule has 2 rings (SSSR count). The second kappa shape index (κ2) is 5.46. The molecule has 1 N–H and O–H groups in total. The van der Waals surface area contributed by atoms with Crippen LogP contribution in [0.3, 0.4) is 0 Å². The molecule has 1 atom stereocenters. The Morgan fingerprint density at radius 1 is 1.50 bits per heavy atom. The Bertz CT molecular complexity index is 549. The molecule has 0 amide bonds. The number of nitrogens with zero attached hydrogens (tertiary/aromatic N) is 1. The van der Waals surface area contributed by atoms with E-state index in [2.05, 4.69) is 15.9 Å². The van der Waals surface area contributed by atoms with Crippen LogP contribution in [0.25, 0.3) is 0 Å².